The number of anilines is 2. The molecule has 0 unspecified atom stereocenters. The average Bonchev–Trinajstić information content (AvgIpc) is 3.71. The van der Waals surface area contributed by atoms with Crippen molar-refractivity contribution in [3.63, 3.8) is 0 Å². The highest BCUT2D eigenvalue weighted by atomic mass is 79.9. The molecule has 0 aliphatic rings. The van der Waals surface area contributed by atoms with Crippen LogP contribution >= 0.6 is 73.4 Å². The number of nitrogens with zero attached hydrogens (tertiary/aromatic N) is 3. The van der Waals surface area contributed by atoms with Crippen LogP contribution in [0.1, 0.15) is 41.4 Å². The molecule has 17 heteroatoms. The van der Waals surface area contributed by atoms with Crippen LogP contribution in [0.5, 0.6) is 0 Å². The van der Waals surface area contributed by atoms with Crippen molar-refractivity contribution in [3.8, 4) is 22.3 Å². The number of carbonyl (C=O) groups excluding carboxylic acids is 2. The molecule has 4 N–H and O–H groups in total. The summed E-state index contributed by atoms with van der Waals surface area (Å²) in [4.78, 5) is 51.9. The highest BCUT2D eigenvalue weighted by molar-refractivity contribution is 9.10. The monoisotopic (exact) mass is 829 g/mol. The van der Waals surface area contributed by atoms with Crippen LogP contribution in [0.15, 0.2) is 94.4 Å². The van der Waals surface area contributed by atoms with Crippen LogP contribution < -0.4 is 10.6 Å². The number of nitrogens with one attached hydrogen (secondary N) is 2. The molecule has 50 heavy (non-hydrogen) atoms. The number of pyridine rings is 1. The quantitative estimate of drug-likeness (QED) is 0.109. The minimum absolute atomic E-state index is 0.0104. The molecular formula is C33H19BrCl3N5O6S2. The average molecular weight is 832 g/mol. The number of benzene rings is 2. The molecule has 0 bridgehead atoms. The first kappa shape index (κ1) is 36.6. The normalized spacial score (nSPS) is 10.5. The fourth-order valence-electron chi connectivity index (χ4n) is 4.36. The minimum Gasteiger partial charge on any atom is -0.478 e. The van der Waals surface area contributed by atoms with E-state index in [1.807, 2.05) is 24.3 Å². The van der Waals surface area contributed by atoms with Gasteiger partial charge in [0.2, 0.25) is 0 Å². The zero-order valence-electron chi connectivity index (χ0n) is 24.9. The van der Waals surface area contributed by atoms with Crippen molar-refractivity contribution in [2.24, 2.45) is 0 Å². The van der Waals surface area contributed by atoms with Crippen LogP contribution in [0, 0.1) is 0 Å². The van der Waals surface area contributed by atoms with Gasteiger partial charge >= 0.3 is 11.9 Å². The molecule has 0 aliphatic heterocycles. The molecule has 0 fully saturated rings. The Labute approximate surface area is 314 Å². The van der Waals surface area contributed by atoms with Gasteiger partial charge < -0.3 is 20.8 Å². The van der Waals surface area contributed by atoms with E-state index in [1.165, 1.54) is 41.9 Å². The van der Waals surface area contributed by atoms with E-state index >= 15 is 0 Å². The van der Waals surface area contributed by atoms with E-state index in [4.69, 9.17) is 34.8 Å². The lowest BCUT2D eigenvalue weighted by atomic mass is 10.0. The summed E-state index contributed by atoms with van der Waals surface area (Å²) in [6.45, 7) is 0. The number of rotatable bonds is 8. The third-order valence-corrected chi connectivity index (χ3v) is 9.75. The lowest BCUT2D eigenvalue weighted by molar-refractivity contribution is 0.0688. The highest BCUT2D eigenvalue weighted by Gasteiger charge is 2.23. The Morgan fingerprint density at radius 2 is 1.22 bits per heavy atom. The molecule has 0 atom stereocenters. The number of halogens is 4. The molecule has 2 amide bonds. The number of thiophene rings is 2. The Balaban J connectivity index is 0.000000195. The summed E-state index contributed by atoms with van der Waals surface area (Å²) in [6, 6.07) is 18.4. The molecule has 0 radical (unpaired) electrons. The molecule has 0 aliphatic carbocycles. The van der Waals surface area contributed by atoms with Crippen molar-refractivity contribution < 1.29 is 29.4 Å². The molecule has 4 heterocycles. The van der Waals surface area contributed by atoms with Gasteiger partial charge in [-0.1, -0.05) is 75.0 Å². The summed E-state index contributed by atoms with van der Waals surface area (Å²) in [5.41, 5.74) is 2.93. The van der Waals surface area contributed by atoms with Crippen LogP contribution in [0.3, 0.4) is 0 Å². The minimum atomic E-state index is -1.16. The first-order valence-electron chi connectivity index (χ1n) is 13.9. The van der Waals surface area contributed by atoms with E-state index in [-0.39, 0.29) is 37.0 Å². The lowest BCUT2D eigenvalue weighted by Gasteiger charge is -2.07. The Bertz CT molecular complexity index is 2220. The van der Waals surface area contributed by atoms with E-state index in [9.17, 15) is 29.4 Å². The van der Waals surface area contributed by atoms with Gasteiger partial charge in [-0.05, 0) is 53.6 Å². The topological polar surface area (TPSA) is 171 Å². The number of carboxylic acid groups (broad SMARTS) is 2. The van der Waals surface area contributed by atoms with E-state index < -0.39 is 23.8 Å². The van der Waals surface area contributed by atoms with E-state index in [2.05, 4.69) is 41.7 Å². The van der Waals surface area contributed by atoms with Crippen molar-refractivity contribution in [1.82, 2.24) is 15.2 Å². The molecule has 252 valence electrons. The van der Waals surface area contributed by atoms with Crippen molar-refractivity contribution in [3.05, 3.63) is 132 Å². The zero-order chi connectivity index (χ0) is 35.9. The molecule has 6 aromatic rings. The Morgan fingerprint density at radius 3 is 1.72 bits per heavy atom. The fourth-order valence-corrected chi connectivity index (χ4v) is 7.09. The maximum Gasteiger partial charge on any atom is 0.339 e. The van der Waals surface area contributed by atoms with Crippen molar-refractivity contribution >= 4 is 107 Å². The largest absolute Gasteiger partial charge is 0.478 e. The van der Waals surface area contributed by atoms with Gasteiger partial charge in [-0.15, -0.1) is 22.7 Å². The third kappa shape index (κ3) is 8.71. The summed E-state index contributed by atoms with van der Waals surface area (Å²) in [5.74, 6) is -3.27. The number of hydrogen-bond acceptors (Lipinski definition) is 9. The molecule has 11 nitrogen and oxygen atoms in total. The molecule has 0 spiro atoms. The molecular weight excluding hydrogens is 813 g/mol. The van der Waals surface area contributed by atoms with E-state index in [0.717, 1.165) is 21.4 Å². The second-order valence-corrected chi connectivity index (χ2v) is 13.7. The first-order chi connectivity index (χ1) is 23.9. The smallest absolute Gasteiger partial charge is 0.339 e. The van der Waals surface area contributed by atoms with Gasteiger partial charge in [0.1, 0.15) is 31.4 Å². The van der Waals surface area contributed by atoms with Crippen LogP contribution in [0.25, 0.3) is 22.3 Å². The number of carboxylic acids is 2. The lowest BCUT2D eigenvalue weighted by Crippen LogP contribution is -2.14. The molecule has 0 saturated heterocycles. The summed E-state index contributed by atoms with van der Waals surface area (Å²) < 4.78 is 0.900. The second kappa shape index (κ2) is 16.3. The molecule has 6 rings (SSSR count). The molecule has 2 aromatic carbocycles. The van der Waals surface area contributed by atoms with Gasteiger partial charge in [-0.3, -0.25) is 9.59 Å². The van der Waals surface area contributed by atoms with Crippen molar-refractivity contribution in [2.45, 2.75) is 0 Å². The number of carbonyl (C=O) groups is 4. The fraction of sp³-hybridized carbons (Fsp3) is 0. The predicted molar refractivity (Wildman–Crippen MR) is 198 cm³/mol. The number of aromatic carboxylic acids is 2. The van der Waals surface area contributed by atoms with Gasteiger partial charge in [0.15, 0.2) is 0 Å². The van der Waals surface area contributed by atoms with Crippen LogP contribution in [0.2, 0.25) is 15.3 Å². The number of aromatic nitrogens is 3. The van der Waals surface area contributed by atoms with E-state index in [0.29, 0.717) is 27.3 Å². The van der Waals surface area contributed by atoms with Crippen LogP contribution in [-0.2, 0) is 0 Å². The van der Waals surface area contributed by atoms with E-state index in [1.54, 1.807) is 35.0 Å². The van der Waals surface area contributed by atoms with Gasteiger partial charge in [-0.2, -0.15) is 10.2 Å². The maximum absolute atomic E-state index is 12.4. The van der Waals surface area contributed by atoms with Crippen molar-refractivity contribution in [2.75, 3.05) is 10.6 Å². The maximum atomic E-state index is 12.4. The SMILES string of the molecule is O=C(Nc1scc(-c2ccc(Br)cc2)c1C(=O)O)c1ccnnc1.O=C(Nc1scc(-c2ccc(Cl)cc2)c1C(=O)O)c1ccc(Cl)nc1Cl. The van der Waals surface area contributed by atoms with Gasteiger partial charge in [0.25, 0.3) is 11.8 Å². The standard InChI is InChI=1S/C17H9Cl3N2O3S.C16H10BrN3O3S/c18-9-3-1-8(2-4-9)11-7-26-16(13(11)17(24)25)22-15(23)10-5-6-12(19)21-14(10)20;17-11-3-1-9(2-4-11)12-8-24-15(13(12)16(22)23)20-14(21)10-5-6-18-19-7-10/h1-7H,(H,22,23)(H,24,25);1-8H,(H,20,21)(H,22,23). The highest BCUT2D eigenvalue weighted by Crippen LogP contribution is 2.38. The van der Waals surface area contributed by atoms with Crippen LogP contribution in [-0.4, -0.2) is 49.1 Å². The first-order valence-corrected chi connectivity index (χ1v) is 17.5. The summed E-state index contributed by atoms with van der Waals surface area (Å²) in [5, 5.41) is 36.1. The molecule has 4 aromatic heterocycles. The molecule has 0 saturated carbocycles. The van der Waals surface area contributed by atoms with Gasteiger partial charge in [0.05, 0.1) is 23.5 Å². The Hall–Kier alpha value is -4.70. The summed E-state index contributed by atoms with van der Waals surface area (Å²) in [6.07, 6.45) is 2.72. The summed E-state index contributed by atoms with van der Waals surface area (Å²) in [7, 11) is 0. The Morgan fingerprint density at radius 1 is 0.680 bits per heavy atom. The Kier molecular flexibility index (Phi) is 12.0. The third-order valence-electron chi connectivity index (χ3n) is 6.68. The van der Waals surface area contributed by atoms with Crippen molar-refractivity contribution in [1.29, 1.82) is 0 Å². The zero-order valence-corrected chi connectivity index (χ0v) is 30.3. The summed E-state index contributed by atoms with van der Waals surface area (Å²) >= 11 is 23.1. The number of hydrogen-bond donors (Lipinski definition) is 4. The number of amides is 2. The van der Waals surface area contributed by atoms with Gasteiger partial charge in [-0.25, -0.2) is 14.6 Å². The predicted octanol–water partition coefficient (Wildman–Crippen LogP) is 9.64. The van der Waals surface area contributed by atoms with Crippen LogP contribution in [0.4, 0.5) is 10.0 Å². The van der Waals surface area contributed by atoms with Gasteiger partial charge in [0, 0.05) is 31.4 Å². The second-order valence-electron chi connectivity index (χ2n) is 9.84.